The highest BCUT2D eigenvalue weighted by Crippen LogP contribution is 2.44. The lowest BCUT2D eigenvalue weighted by atomic mass is 9.81. The first kappa shape index (κ1) is 15.9. The first-order valence-corrected chi connectivity index (χ1v) is 9.63. The molecule has 1 spiro atoms. The maximum atomic E-state index is 12.8. The molecule has 2 fully saturated rings. The lowest BCUT2D eigenvalue weighted by Gasteiger charge is -2.43. The van der Waals surface area contributed by atoms with Crippen molar-refractivity contribution in [1.29, 1.82) is 0 Å². The van der Waals surface area contributed by atoms with Crippen LogP contribution in [-0.2, 0) is 11.3 Å². The van der Waals surface area contributed by atoms with E-state index in [2.05, 4.69) is 39.4 Å². The number of likely N-dealkylation sites (tertiary alicyclic amines) is 2. The van der Waals surface area contributed by atoms with Gasteiger partial charge in [-0.3, -0.25) is 9.69 Å². The van der Waals surface area contributed by atoms with Crippen molar-refractivity contribution in [2.75, 3.05) is 20.1 Å². The molecule has 1 amide bonds. The summed E-state index contributed by atoms with van der Waals surface area (Å²) < 4.78 is 0. The van der Waals surface area contributed by atoms with E-state index in [-0.39, 0.29) is 11.5 Å². The fraction of sp³-hybridized carbons (Fsp3) is 0.450. The smallest absolute Gasteiger partial charge is 0.230 e. The highest BCUT2D eigenvalue weighted by Gasteiger charge is 2.50. The molecule has 0 aliphatic carbocycles. The van der Waals surface area contributed by atoms with E-state index in [1.54, 1.807) is 0 Å². The van der Waals surface area contributed by atoms with Crippen molar-refractivity contribution in [3.05, 3.63) is 58.3 Å². The molecule has 3 heterocycles. The number of likely N-dealkylation sites (N-methyl/N-ethyl adjacent to an activating group) is 1. The van der Waals surface area contributed by atoms with Gasteiger partial charge in [0.1, 0.15) is 0 Å². The predicted molar refractivity (Wildman–Crippen MR) is 98.1 cm³/mol. The zero-order chi connectivity index (χ0) is 16.6. The Kier molecular flexibility index (Phi) is 4.19. The number of carbonyl (C=O) groups excluding carboxylic acids is 1. The molecular formula is C20H24N2OS. The van der Waals surface area contributed by atoms with Gasteiger partial charge in [-0.15, -0.1) is 11.3 Å². The second kappa shape index (κ2) is 6.34. The van der Waals surface area contributed by atoms with Crippen molar-refractivity contribution in [3.8, 4) is 0 Å². The van der Waals surface area contributed by atoms with Crippen LogP contribution in [0.3, 0.4) is 0 Å². The van der Waals surface area contributed by atoms with Gasteiger partial charge in [-0.25, -0.2) is 0 Å². The molecule has 2 aromatic rings. The lowest BCUT2D eigenvalue weighted by Crippen LogP contribution is -2.51. The van der Waals surface area contributed by atoms with Gasteiger partial charge in [0.15, 0.2) is 0 Å². The van der Waals surface area contributed by atoms with Crippen molar-refractivity contribution in [3.63, 3.8) is 0 Å². The number of benzene rings is 1. The molecule has 0 bridgehead atoms. The fourth-order valence-electron chi connectivity index (χ4n) is 4.31. The van der Waals surface area contributed by atoms with Crippen molar-refractivity contribution in [2.24, 2.45) is 0 Å². The van der Waals surface area contributed by atoms with Crippen LogP contribution in [0.25, 0.3) is 0 Å². The van der Waals surface area contributed by atoms with Crippen molar-refractivity contribution in [2.45, 2.75) is 37.3 Å². The summed E-state index contributed by atoms with van der Waals surface area (Å²) in [6.45, 7) is 3.21. The van der Waals surface area contributed by atoms with Crippen molar-refractivity contribution >= 4 is 17.2 Å². The first-order valence-electron chi connectivity index (χ1n) is 8.75. The molecule has 2 aliphatic rings. The van der Waals surface area contributed by atoms with E-state index in [0.717, 1.165) is 38.9 Å². The number of rotatable bonds is 3. The highest BCUT2D eigenvalue weighted by atomic mass is 32.1. The van der Waals surface area contributed by atoms with E-state index in [1.165, 1.54) is 10.4 Å². The second-order valence-electron chi connectivity index (χ2n) is 7.14. The molecule has 2 aliphatic heterocycles. The number of hydrogen-bond acceptors (Lipinski definition) is 3. The third kappa shape index (κ3) is 2.78. The molecule has 0 unspecified atom stereocenters. The SMILES string of the molecule is CN1C(=O)[C@H](c2ccccc2)CC12CCN(Cc1cccs1)CC2. The van der Waals surface area contributed by atoms with E-state index in [4.69, 9.17) is 0 Å². The first-order chi connectivity index (χ1) is 11.7. The van der Waals surface area contributed by atoms with Crippen LogP contribution in [0.4, 0.5) is 0 Å². The molecule has 0 saturated carbocycles. The molecule has 3 nitrogen and oxygen atoms in total. The van der Waals surface area contributed by atoms with Crippen molar-refractivity contribution < 1.29 is 4.79 Å². The molecule has 4 heteroatoms. The Morgan fingerprint density at radius 2 is 1.88 bits per heavy atom. The molecule has 1 aromatic carbocycles. The molecule has 1 aromatic heterocycles. The number of amides is 1. The minimum Gasteiger partial charge on any atom is -0.339 e. The maximum absolute atomic E-state index is 12.8. The Hall–Kier alpha value is -1.65. The van der Waals surface area contributed by atoms with Crippen LogP contribution in [0, 0.1) is 0 Å². The Morgan fingerprint density at radius 1 is 1.12 bits per heavy atom. The third-order valence-electron chi connectivity index (χ3n) is 5.87. The van der Waals surface area contributed by atoms with Crippen LogP contribution < -0.4 is 0 Å². The summed E-state index contributed by atoms with van der Waals surface area (Å²) >= 11 is 1.83. The maximum Gasteiger partial charge on any atom is 0.230 e. The number of thiophene rings is 1. The van der Waals surface area contributed by atoms with Gasteiger partial charge in [0.2, 0.25) is 5.91 Å². The summed E-state index contributed by atoms with van der Waals surface area (Å²) in [6.07, 6.45) is 3.15. The van der Waals surface area contributed by atoms with E-state index in [0.29, 0.717) is 5.91 Å². The Bertz CT molecular complexity index is 690. The summed E-state index contributed by atoms with van der Waals surface area (Å²) in [5, 5.41) is 2.15. The van der Waals surface area contributed by atoms with Gasteiger partial charge in [0.25, 0.3) is 0 Å². The van der Waals surface area contributed by atoms with Gasteiger partial charge >= 0.3 is 0 Å². The van der Waals surface area contributed by atoms with E-state index < -0.39 is 0 Å². The monoisotopic (exact) mass is 340 g/mol. The standard InChI is InChI=1S/C20H24N2OS/c1-21-19(23)18(16-6-3-2-4-7-16)14-20(21)9-11-22(12-10-20)15-17-8-5-13-24-17/h2-8,13,18H,9-12,14-15H2,1H3/t18-/m0/s1. The van der Waals surface area contributed by atoms with Crippen LogP contribution >= 0.6 is 11.3 Å². The topological polar surface area (TPSA) is 23.6 Å². The molecule has 0 radical (unpaired) electrons. The van der Waals surface area contributed by atoms with Crippen LogP contribution in [-0.4, -0.2) is 41.4 Å². The van der Waals surface area contributed by atoms with Gasteiger partial charge in [0, 0.05) is 37.1 Å². The van der Waals surface area contributed by atoms with Crippen LogP contribution in [0.1, 0.15) is 35.6 Å². The summed E-state index contributed by atoms with van der Waals surface area (Å²) in [6, 6.07) is 14.6. The third-order valence-corrected chi connectivity index (χ3v) is 6.73. The van der Waals surface area contributed by atoms with Crippen LogP contribution in [0.2, 0.25) is 0 Å². The van der Waals surface area contributed by atoms with Crippen molar-refractivity contribution in [1.82, 2.24) is 9.80 Å². The molecule has 2 saturated heterocycles. The molecular weight excluding hydrogens is 316 g/mol. The van der Waals surface area contributed by atoms with Gasteiger partial charge < -0.3 is 4.90 Å². The molecule has 4 rings (SSSR count). The largest absolute Gasteiger partial charge is 0.339 e. The van der Waals surface area contributed by atoms with Crippen LogP contribution in [0.5, 0.6) is 0 Å². The average molecular weight is 340 g/mol. The second-order valence-corrected chi connectivity index (χ2v) is 8.18. The molecule has 24 heavy (non-hydrogen) atoms. The van der Waals surface area contributed by atoms with Crippen LogP contribution in [0.15, 0.2) is 47.8 Å². The Morgan fingerprint density at radius 3 is 2.54 bits per heavy atom. The zero-order valence-electron chi connectivity index (χ0n) is 14.1. The molecule has 0 N–H and O–H groups in total. The fourth-order valence-corrected chi connectivity index (χ4v) is 5.05. The Labute approximate surface area is 147 Å². The summed E-state index contributed by atoms with van der Waals surface area (Å²) in [5.41, 5.74) is 1.23. The van der Waals surface area contributed by atoms with Gasteiger partial charge in [-0.05, 0) is 36.3 Å². The number of nitrogens with zero attached hydrogens (tertiary/aromatic N) is 2. The number of hydrogen-bond donors (Lipinski definition) is 0. The number of piperidine rings is 1. The minimum atomic E-state index is 0.0417. The summed E-state index contributed by atoms with van der Waals surface area (Å²) in [5.74, 6) is 0.341. The van der Waals surface area contributed by atoms with Gasteiger partial charge in [-0.1, -0.05) is 36.4 Å². The van der Waals surface area contributed by atoms with E-state index in [1.807, 2.05) is 36.6 Å². The van der Waals surface area contributed by atoms with E-state index in [9.17, 15) is 4.79 Å². The summed E-state index contributed by atoms with van der Waals surface area (Å²) in [7, 11) is 2.01. The lowest BCUT2D eigenvalue weighted by molar-refractivity contribution is -0.131. The zero-order valence-corrected chi connectivity index (χ0v) is 15.0. The summed E-state index contributed by atoms with van der Waals surface area (Å²) in [4.78, 5) is 18.9. The normalized spacial score (nSPS) is 24.0. The quantitative estimate of drug-likeness (QED) is 0.850. The molecule has 1 atom stereocenters. The highest BCUT2D eigenvalue weighted by molar-refractivity contribution is 7.09. The van der Waals surface area contributed by atoms with Gasteiger partial charge in [-0.2, -0.15) is 0 Å². The predicted octanol–water partition coefficient (Wildman–Crippen LogP) is 3.73. The molecule has 126 valence electrons. The van der Waals surface area contributed by atoms with Gasteiger partial charge in [0.05, 0.1) is 5.92 Å². The van der Waals surface area contributed by atoms with E-state index >= 15 is 0 Å². The minimum absolute atomic E-state index is 0.0417. The average Bonchev–Trinajstić information content (AvgIpc) is 3.21. The number of carbonyl (C=O) groups is 1. The Balaban J connectivity index is 1.45.